The summed E-state index contributed by atoms with van der Waals surface area (Å²) in [6.45, 7) is 4.97. The van der Waals surface area contributed by atoms with Crippen LogP contribution in [-0.4, -0.2) is 32.5 Å². The van der Waals surface area contributed by atoms with Gasteiger partial charge >= 0.3 is 0 Å². The largest absolute Gasteiger partial charge is 0.493 e. The van der Waals surface area contributed by atoms with Crippen molar-refractivity contribution in [3.63, 3.8) is 0 Å². The molecule has 1 atom stereocenters. The van der Waals surface area contributed by atoms with Gasteiger partial charge in [0.1, 0.15) is 35.2 Å². The minimum atomic E-state index is -0.159. The molecule has 6 nitrogen and oxygen atoms in total. The molecule has 2 aromatic carbocycles. The molecule has 136 valence electrons. The molecule has 0 saturated carbocycles. The van der Waals surface area contributed by atoms with Crippen LogP contribution in [0, 0.1) is 0 Å². The summed E-state index contributed by atoms with van der Waals surface area (Å²) in [4.78, 5) is 13.1. The summed E-state index contributed by atoms with van der Waals surface area (Å²) in [6.07, 6.45) is 0.0319. The van der Waals surface area contributed by atoms with Crippen molar-refractivity contribution in [3.8, 4) is 17.2 Å². The molecule has 26 heavy (non-hydrogen) atoms. The lowest BCUT2D eigenvalue weighted by molar-refractivity contribution is 0.239. The maximum atomic E-state index is 13.1. The molecule has 1 aromatic heterocycles. The van der Waals surface area contributed by atoms with Gasteiger partial charge in [-0.05, 0) is 26.0 Å². The lowest BCUT2D eigenvalue weighted by atomic mass is 10.1. The molecule has 0 spiro atoms. The average molecular weight is 356 g/mol. The maximum absolute atomic E-state index is 13.1. The highest BCUT2D eigenvalue weighted by Crippen LogP contribution is 2.34. The van der Waals surface area contributed by atoms with Crippen LogP contribution in [0.3, 0.4) is 0 Å². The fourth-order valence-corrected chi connectivity index (χ4v) is 2.86. The van der Waals surface area contributed by atoms with Gasteiger partial charge in [-0.3, -0.25) is 4.79 Å². The van der Waals surface area contributed by atoms with Crippen LogP contribution in [0.1, 0.15) is 13.8 Å². The number of para-hydroxylation sites is 1. The summed E-state index contributed by atoms with van der Waals surface area (Å²) in [6, 6.07) is 8.68. The Morgan fingerprint density at radius 1 is 1.23 bits per heavy atom. The number of methoxy groups -OCH3 is 1. The number of epoxide rings is 1. The van der Waals surface area contributed by atoms with Crippen LogP contribution < -0.4 is 19.6 Å². The Morgan fingerprint density at radius 2 is 2.04 bits per heavy atom. The molecular formula is C20H20O6. The molecule has 0 amide bonds. The minimum Gasteiger partial charge on any atom is -0.493 e. The van der Waals surface area contributed by atoms with E-state index in [0.717, 1.165) is 0 Å². The zero-order valence-corrected chi connectivity index (χ0v) is 14.9. The van der Waals surface area contributed by atoms with E-state index < -0.39 is 0 Å². The van der Waals surface area contributed by atoms with Crippen molar-refractivity contribution in [2.75, 3.05) is 20.3 Å². The van der Waals surface area contributed by atoms with E-state index >= 15 is 0 Å². The van der Waals surface area contributed by atoms with Crippen LogP contribution in [-0.2, 0) is 4.74 Å². The van der Waals surface area contributed by atoms with Crippen molar-refractivity contribution in [1.29, 1.82) is 0 Å². The van der Waals surface area contributed by atoms with Crippen molar-refractivity contribution in [1.82, 2.24) is 0 Å². The maximum Gasteiger partial charge on any atom is 0.204 e. The van der Waals surface area contributed by atoms with E-state index in [0.29, 0.717) is 52.4 Å². The predicted molar refractivity (Wildman–Crippen MR) is 97.5 cm³/mol. The smallest absolute Gasteiger partial charge is 0.204 e. The van der Waals surface area contributed by atoms with Gasteiger partial charge in [-0.2, -0.15) is 0 Å². The van der Waals surface area contributed by atoms with Gasteiger partial charge in [0, 0.05) is 12.1 Å². The molecule has 1 aliphatic rings. The van der Waals surface area contributed by atoms with E-state index in [2.05, 4.69) is 0 Å². The monoisotopic (exact) mass is 356 g/mol. The highest BCUT2D eigenvalue weighted by Gasteiger charge is 2.24. The van der Waals surface area contributed by atoms with E-state index in [4.69, 9.17) is 23.4 Å². The Morgan fingerprint density at radius 3 is 2.73 bits per heavy atom. The van der Waals surface area contributed by atoms with Crippen molar-refractivity contribution in [2.45, 2.75) is 26.1 Å². The molecule has 0 bridgehead atoms. The molecule has 3 aromatic rings. The number of rotatable bonds is 6. The number of fused-ring (bicyclic) bond motifs is 2. The zero-order valence-electron chi connectivity index (χ0n) is 14.9. The molecule has 0 aliphatic carbocycles. The van der Waals surface area contributed by atoms with Gasteiger partial charge in [0.2, 0.25) is 5.43 Å². The SMILES string of the molecule is COc1cccc2c(=O)c3c(OC(C)C)cc(OCC4CO4)cc3oc12. The summed E-state index contributed by atoms with van der Waals surface area (Å²) in [5.74, 6) is 1.52. The van der Waals surface area contributed by atoms with Gasteiger partial charge in [-0.1, -0.05) is 6.07 Å². The van der Waals surface area contributed by atoms with Crippen LogP contribution >= 0.6 is 0 Å². The third-order valence-corrected chi connectivity index (χ3v) is 4.12. The Bertz CT molecular complexity index is 1020. The molecule has 6 heteroatoms. The number of hydrogen-bond donors (Lipinski definition) is 0. The number of hydrogen-bond acceptors (Lipinski definition) is 6. The highest BCUT2D eigenvalue weighted by molar-refractivity contribution is 5.95. The topological polar surface area (TPSA) is 70.4 Å². The first-order chi connectivity index (χ1) is 12.6. The van der Waals surface area contributed by atoms with Gasteiger partial charge in [0.05, 0.1) is 25.2 Å². The van der Waals surface area contributed by atoms with Gasteiger partial charge in [-0.15, -0.1) is 0 Å². The summed E-state index contributed by atoms with van der Waals surface area (Å²) < 4.78 is 28.2. The molecule has 0 radical (unpaired) electrons. The predicted octanol–water partition coefficient (Wildman–Crippen LogP) is 3.52. The second-order valence-electron chi connectivity index (χ2n) is 6.50. The molecule has 1 saturated heterocycles. The van der Waals surface area contributed by atoms with E-state index in [9.17, 15) is 4.79 Å². The summed E-state index contributed by atoms with van der Waals surface area (Å²) in [5.41, 5.74) is 0.649. The third-order valence-electron chi connectivity index (χ3n) is 4.12. The van der Waals surface area contributed by atoms with Gasteiger partial charge in [0.15, 0.2) is 11.3 Å². The summed E-state index contributed by atoms with van der Waals surface area (Å²) in [5, 5.41) is 0.847. The van der Waals surface area contributed by atoms with Crippen molar-refractivity contribution in [3.05, 3.63) is 40.6 Å². The number of ether oxygens (including phenoxy) is 4. The fraction of sp³-hybridized carbons (Fsp3) is 0.350. The third kappa shape index (κ3) is 3.08. The highest BCUT2D eigenvalue weighted by atomic mass is 16.6. The molecule has 0 N–H and O–H groups in total. The van der Waals surface area contributed by atoms with E-state index in [1.54, 1.807) is 37.4 Å². The molecule has 2 heterocycles. The molecule has 1 aliphatic heterocycles. The quantitative estimate of drug-likeness (QED) is 0.497. The second-order valence-corrected chi connectivity index (χ2v) is 6.50. The molecule has 1 unspecified atom stereocenters. The van der Waals surface area contributed by atoms with Gasteiger partial charge < -0.3 is 23.4 Å². The van der Waals surface area contributed by atoms with Crippen LogP contribution in [0.4, 0.5) is 0 Å². The second kappa shape index (κ2) is 6.53. The first kappa shape index (κ1) is 16.7. The standard InChI is InChI=1S/C20H20O6/c1-11(2)25-16-7-12(23-9-13-10-24-13)8-17-18(16)19(21)14-5-4-6-15(22-3)20(14)26-17/h4-8,11,13H,9-10H2,1-3H3. The lowest BCUT2D eigenvalue weighted by Gasteiger charge is -2.15. The Labute approximate surface area is 150 Å². The molecule has 4 rings (SSSR count). The van der Waals surface area contributed by atoms with Crippen LogP contribution in [0.5, 0.6) is 17.2 Å². The molecule has 1 fully saturated rings. The first-order valence-corrected chi connectivity index (χ1v) is 8.55. The zero-order chi connectivity index (χ0) is 18.3. The van der Waals surface area contributed by atoms with Crippen LogP contribution in [0.2, 0.25) is 0 Å². The normalized spacial score (nSPS) is 16.2. The van der Waals surface area contributed by atoms with Gasteiger partial charge in [-0.25, -0.2) is 0 Å². The molecular weight excluding hydrogens is 336 g/mol. The Hall–Kier alpha value is -2.73. The van der Waals surface area contributed by atoms with E-state index in [-0.39, 0.29) is 17.6 Å². The Kier molecular flexibility index (Phi) is 4.20. The van der Waals surface area contributed by atoms with E-state index in [1.165, 1.54) is 0 Å². The summed E-state index contributed by atoms with van der Waals surface area (Å²) in [7, 11) is 1.54. The van der Waals surface area contributed by atoms with E-state index in [1.807, 2.05) is 13.8 Å². The number of benzene rings is 2. The first-order valence-electron chi connectivity index (χ1n) is 8.55. The summed E-state index contributed by atoms with van der Waals surface area (Å²) >= 11 is 0. The fourth-order valence-electron chi connectivity index (χ4n) is 2.86. The van der Waals surface area contributed by atoms with Crippen molar-refractivity contribution in [2.24, 2.45) is 0 Å². The van der Waals surface area contributed by atoms with Crippen molar-refractivity contribution < 1.29 is 23.4 Å². The lowest BCUT2D eigenvalue weighted by Crippen LogP contribution is -2.11. The van der Waals surface area contributed by atoms with Crippen LogP contribution in [0.15, 0.2) is 39.5 Å². The minimum absolute atomic E-state index is 0.0966. The van der Waals surface area contributed by atoms with Crippen molar-refractivity contribution >= 4 is 21.9 Å². The average Bonchev–Trinajstić information content (AvgIpc) is 3.43. The van der Waals surface area contributed by atoms with Crippen LogP contribution in [0.25, 0.3) is 21.9 Å². The van der Waals surface area contributed by atoms with Gasteiger partial charge in [0.25, 0.3) is 0 Å². The Balaban J connectivity index is 1.94.